The van der Waals surface area contributed by atoms with E-state index in [0.29, 0.717) is 25.2 Å². The van der Waals surface area contributed by atoms with Gasteiger partial charge in [0.1, 0.15) is 0 Å². The molecule has 0 aromatic carbocycles. The maximum Gasteiger partial charge on any atom is 0.255 e. The van der Waals surface area contributed by atoms with E-state index in [1.54, 1.807) is 23.0 Å². The van der Waals surface area contributed by atoms with Crippen molar-refractivity contribution in [3.8, 4) is 0 Å². The number of aryl methyl sites for hydroxylation is 1. The molecule has 126 valence electrons. The molecular formula is C17H20N4O2S. The van der Waals surface area contributed by atoms with Crippen molar-refractivity contribution >= 4 is 23.2 Å². The van der Waals surface area contributed by atoms with E-state index in [0.717, 1.165) is 24.2 Å². The molecule has 0 spiro atoms. The van der Waals surface area contributed by atoms with Gasteiger partial charge in [0, 0.05) is 36.4 Å². The molecule has 2 atom stereocenters. The van der Waals surface area contributed by atoms with Gasteiger partial charge in [0.2, 0.25) is 5.91 Å². The van der Waals surface area contributed by atoms with Crippen molar-refractivity contribution < 1.29 is 9.59 Å². The number of aromatic nitrogens is 2. The summed E-state index contributed by atoms with van der Waals surface area (Å²) in [5, 5.41) is 1.98. The van der Waals surface area contributed by atoms with Crippen LogP contribution < -0.4 is 0 Å². The first-order valence-electron chi connectivity index (χ1n) is 8.24. The highest BCUT2D eigenvalue weighted by atomic mass is 32.1. The molecule has 3 fully saturated rings. The van der Waals surface area contributed by atoms with E-state index in [2.05, 4.69) is 9.97 Å². The van der Waals surface area contributed by atoms with Crippen LogP contribution in [0.2, 0.25) is 0 Å². The Morgan fingerprint density at radius 1 is 1.42 bits per heavy atom. The van der Waals surface area contributed by atoms with Gasteiger partial charge in [0.05, 0.1) is 29.2 Å². The number of H-pyrrole nitrogens is 1. The predicted molar refractivity (Wildman–Crippen MR) is 90.6 cm³/mol. The lowest BCUT2D eigenvalue weighted by Gasteiger charge is -2.35. The van der Waals surface area contributed by atoms with Gasteiger partial charge in [-0.15, -0.1) is 11.3 Å². The molecule has 0 aliphatic carbocycles. The summed E-state index contributed by atoms with van der Waals surface area (Å²) in [7, 11) is 0. The molecule has 3 aliphatic heterocycles. The molecule has 0 unspecified atom stereocenters. The highest BCUT2D eigenvalue weighted by molar-refractivity contribution is 7.07. The number of aromatic amines is 1. The second-order valence-electron chi connectivity index (χ2n) is 6.60. The van der Waals surface area contributed by atoms with Crippen LogP contribution in [0.1, 0.15) is 34.6 Å². The van der Waals surface area contributed by atoms with Gasteiger partial charge in [-0.1, -0.05) is 0 Å². The SMILES string of the molecule is Cc1[nH]ccc1C(=O)N1C[C@@H]2CC[C@H](C1)N(Cc1cscn1)C2=O. The van der Waals surface area contributed by atoms with E-state index in [1.165, 1.54) is 0 Å². The molecular weight excluding hydrogens is 324 g/mol. The van der Waals surface area contributed by atoms with Gasteiger partial charge in [0.15, 0.2) is 0 Å². The van der Waals surface area contributed by atoms with Crippen LogP contribution in [-0.2, 0) is 11.3 Å². The number of hydrogen-bond acceptors (Lipinski definition) is 4. The quantitative estimate of drug-likeness (QED) is 0.926. The number of fused-ring (bicyclic) bond motifs is 4. The molecule has 2 aromatic heterocycles. The fraction of sp³-hybridized carbons (Fsp3) is 0.471. The molecule has 3 aliphatic rings. The molecule has 0 radical (unpaired) electrons. The molecule has 5 heterocycles. The standard InChI is InChI=1S/C17H20N4O2S/c1-11-15(4-5-18-11)17(23)20-6-12-2-3-14(8-20)21(16(12)22)7-13-9-24-10-19-13/h4-5,9-10,12,14,18H,2-3,6-8H2,1H3/t12-,14+/m0/s1. The van der Waals surface area contributed by atoms with Crippen LogP contribution in [-0.4, -0.2) is 50.7 Å². The van der Waals surface area contributed by atoms with E-state index in [1.807, 2.05) is 28.2 Å². The van der Waals surface area contributed by atoms with Gasteiger partial charge in [-0.25, -0.2) is 4.98 Å². The molecule has 5 rings (SSSR count). The Hall–Kier alpha value is -2.15. The smallest absolute Gasteiger partial charge is 0.255 e. The summed E-state index contributed by atoms with van der Waals surface area (Å²) in [4.78, 5) is 36.8. The van der Waals surface area contributed by atoms with E-state index in [4.69, 9.17) is 0 Å². The molecule has 2 aromatic rings. The third-order valence-corrected chi connectivity index (χ3v) is 5.72. The third kappa shape index (κ3) is 2.62. The van der Waals surface area contributed by atoms with Crippen LogP contribution in [0.15, 0.2) is 23.2 Å². The average molecular weight is 344 g/mol. The zero-order valence-corrected chi connectivity index (χ0v) is 14.4. The van der Waals surface area contributed by atoms with Crippen molar-refractivity contribution in [3.05, 3.63) is 40.1 Å². The number of rotatable bonds is 3. The first kappa shape index (κ1) is 15.4. The second-order valence-corrected chi connectivity index (χ2v) is 7.32. The Balaban J connectivity index is 1.57. The van der Waals surface area contributed by atoms with Gasteiger partial charge in [-0.05, 0) is 25.8 Å². The van der Waals surface area contributed by atoms with Crippen molar-refractivity contribution in [1.82, 2.24) is 19.8 Å². The van der Waals surface area contributed by atoms with E-state index in [-0.39, 0.29) is 23.8 Å². The molecule has 2 bridgehead atoms. The first-order valence-corrected chi connectivity index (χ1v) is 9.18. The van der Waals surface area contributed by atoms with Gasteiger partial charge in [0.25, 0.3) is 5.91 Å². The summed E-state index contributed by atoms with van der Waals surface area (Å²) in [6, 6.07) is 1.90. The van der Waals surface area contributed by atoms with E-state index >= 15 is 0 Å². The minimum atomic E-state index is -0.0921. The lowest BCUT2D eigenvalue weighted by Crippen LogP contribution is -2.47. The second kappa shape index (κ2) is 6.05. The fourth-order valence-corrected chi connectivity index (χ4v) is 4.31. The molecule has 2 amide bonds. The zero-order valence-electron chi connectivity index (χ0n) is 13.6. The Labute approximate surface area is 144 Å². The van der Waals surface area contributed by atoms with Crippen LogP contribution in [0, 0.1) is 12.8 Å². The summed E-state index contributed by atoms with van der Waals surface area (Å²) in [5.41, 5.74) is 4.30. The third-order valence-electron chi connectivity index (χ3n) is 5.08. The molecule has 24 heavy (non-hydrogen) atoms. The van der Waals surface area contributed by atoms with Crippen LogP contribution in [0.4, 0.5) is 0 Å². The Morgan fingerprint density at radius 2 is 2.29 bits per heavy atom. The molecule has 0 saturated carbocycles. The Kier molecular flexibility index (Phi) is 3.88. The van der Waals surface area contributed by atoms with Gasteiger partial charge in [-0.2, -0.15) is 0 Å². The predicted octanol–water partition coefficient (Wildman–Crippen LogP) is 2.04. The van der Waals surface area contributed by atoms with Crippen LogP contribution >= 0.6 is 11.3 Å². The van der Waals surface area contributed by atoms with E-state index in [9.17, 15) is 9.59 Å². The highest BCUT2D eigenvalue weighted by Crippen LogP contribution is 2.31. The van der Waals surface area contributed by atoms with Crippen molar-refractivity contribution in [2.75, 3.05) is 13.1 Å². The number of amides is 2. The maximum atomic E-state index is 12.8. The van der Waals surface area contributed by atoms with Crippen LogP contribution in [0.25, 0.3) is 0 Å². The Bertz CT molecular complexity index is 754. The summed E-state index contributed by atoms with van der Waals surface area (Å²) in [6.07, 6.45) is 3.61. The minimum Gasteiger partial charge on any atom is -0.365 e. The van der Waals surface area contributed by atoms with E-state index < -0.39 is 0 Å². The fourth-order valence-electron chi connectivity index (χ4n) is 3.76. The summed E-state index contributed by atoms with van der Waals surface area (Å²) >= 11 is 1.54. The van der Waals surface area contributed by atoms with Crippen molar-refractivity contribution in [1.29, 1.82) is 0 Å². The molecule has 1 N–H and O–H groups in total. The topological polar surface area (TPSA) is 69.3 Å². The van der Waals surface area contributed by atoms with Crippen LogP contribution in [0.5, 0.6) is 0 Å². The van der Waals surface area contributed by atoms with Crippen molar-refractivity contribution in [2.24, 2.45) is 5.92 Å². The largest absolute Gasteiger partial charge is 0.365 e. The average Bonchev–Trinajstić information content (AvgIpc) is 3.15. The maximum absolute atomic E-state index is 12.8. The van der Waals surface area contributed by atoms with Gasteiger partial charge < -0.3 is 14.8 Å². The first-order chi connectivity index (χ1) is 11.6. The monoisotopic (exact) mass is 344 g/mol. The zero-order chi connectivity index (χ0) is 16.7. The molecule has 6 nitrogen and oxygen atoms in total. The highest BCUT2D eigenvalue weighted by Gasteiger charge is 2.42. The summed E-state index contributed by atoms with van der Waals surface area (Å²) < 4.78 is 0. The molecule has 7 heteroatoms. The number of hydrogen-bond donors (Lipinski definition) is 1. The number of nitrogens with one attached hydrogen (secondary N) is 1. The normalized spacial score (nSPS) is 23.6. The number of nitrogens with zero attached hydrogens (tertiary/aromatic N) is 3. The lowest BCUT2D eigenvalue weighted by molar-refractivity contribution is -0.140. The number of thiazole rings is 1. The number of carbonyl (C=O) groups is 2. The van der Waals surface area contributed by atoms with Crippen molar-refractivity contribution in [2.45, 2.75) is 32.4 Å². The minimum absolute atomic E-state index is 0.0222. The van der Waals surface area contributed by atoms with Crippen LogP contribution in [0.3, 0.4) is 0 Å². The van der Waals surface area contributed by atoms with Crippen molar-refractivity contribution in [3.63, 3.8) is 0 Å². The molecule has 3 saturated heterocycles. The number of piperidine rings is 1. The summed E-state index contributed by atoms with van der Waals surface area (Å²) in [6.45, 7) is 3.58. The summed E-state index contributed by atoms with van der Waals surface area (Å²) in [5.74, 6) is 0.0971. The number of carbonyl (C=O) groups excluding carboxylic acids is 2. The lowest BCUT2D eigenvalue weighted by atomic mass is 9.94. The van der Waals surface area contributed by atoms with Gasteiger partial charge >= 0.3 is 0 Å². The van der Waals surface area contributed by atoms with Gasteiger partial charge in [-0.3, -0.25) is 9.59 Å². The Morgan fingerprint density at radius 3 is 3.00 bits per heavy atom.